The van der Waals surface area contributed by atoms with Gasteiger partial charge in [0.05, 0.1) is 6.61 Å². The highest BCUT2D eigenvalue weighted by molar-refractivity contribution is 5.72. The summed E-state index contributed by atoms with van der Waals surface area (Å²) in [6.07, 6.45) is 3.52. The van der Waals surface area contributed by atoms with Gasteiger partial charge in [-0.1, -0.05) is 66.7 Å². The standard InChI is InChI=1S/C27H30O4/c1-30-26(27(28)29)20-24-12-10-21(11-13-24)7-5-6-18-31-25-16-14-23(15-17-25)19-22-8-3-2-4-9-22/h2-4,8-17,26H,5-7,18-20H2,1H3,(H,28,29). The number of carboxylic acid groups (broad SMARTS) is 1. The number of carboxylic acids is 1. The lowest BCUT2D eigenvalue weighted by atomic mass is 10.0. The third-order valence-electron chi connectivity index (χ3n) is 5.31. The molecule has 0 saturated carbocycles. The normalized spacial score (nSPS) is 11.8. The fraction of sp³-hybridized carbons (Fsp3) is 0.296. The van der Waals surface area contributed by atoms with Crippen molar-refractivity contribution in [3.63, 3.8) is 0 Å². The second-order valence-electron chi connectivity index (χ2n) is 7.70. The summed E-state index contributed by atoms with van der Waals surface area (Å²) < 4.78 is 10.9. The van der Waals surface area contributed by atoms with Crippen LogP contribution in [0.3, 0.4) is 0 Å². The van der Waals surface area contributed by atoms with Gasteiger partial charge in [-0.2, -0.15) is 0 Å². The molecule has 1 unspecified atom stereocenters. The van der Waals surface area contributed by atoms with Crippen LogP contribution in [0.15, 0.2) is 78.9 Å². The summed E-state index contributed by atoms with van der Waals surface area (Å²) >= 11 is 0. The number of aliphatic carboxylic acids is 1. The van der Waals surface area contributed by atoms with Crippen LogP contribution < -0.4 is 4.74 Å². The Morgan fingerprint density at radius 1 is 0.806 bits per heavy atom. The molecule has 4 nitrogen and oxygen atoms in total. The molecule has 0 aromatic heterocycles. The van der Waals surface area contributed by atoms with Crippen molar-refractivity contribution < 1.29 is 19.4 Å². The van der Waals surface area contributed by atoms with Crippen molar-refractivity contribution in [2.45, 2.75) is 38.2 Å². The van der Waals surface area contributed by atoms with Gasteiger partial charge in [0.1, 0.15) is 5.75 Å². The van der Waals surface area contributed by atoms with Crippen molar-refractivity contribution in [1.29, 1.82) is 0 Å². The summed E-state index contributed by atoms with van der Waals surface area (Å²) in [6, 6.07) is 26.9. The molecule has 3 rings (SSSR count). The summed E-state index contributed by atoms with van der Waals surface area (Å²) in [5.41, 5.74) is 4.81. The third kappa shape index (κ3) is 7.58. The van der Waals surface area contributed by atoms with E-state index in [4.69, 9.17) is 14.6 Å². The molecule has 0 spiro atoms. The minimum atomic E-state index is -0.933. The van der Waals surface area contributed by atoms with Crippen LogP contribution in [0, 0.1) is 0 Å². The quantitative estimate of drug-likeness (QED) is 0.405. The Labute approximate surface area is 184 Å². The molecule has 0 aliphatic rings. The average Bonchev–Trinajstić information content (AvgIpc) is 2.80. The fourth-order valence-corrected chi connectivity index (χ4v) is 3.48. The topological polar surface area (TPSA) is 55.8 Å². The van der Waals surface area contributed by atoms with Crippen LogP contribution in [-0.2, 0) is 28.8 Å². The van der Waals surface area contributed by atoms with Crippen molar-refractivity contribution >= 4 is 5.97 Å². The molecule has 0 radical (unpaired) electrons. The molecule has 3 aromatic rings. The number of rotatable bonds is 12. The van der Waals surface area contributed by atoms with E-state index in [0.29, 0.717) is 13.0 Å². The molecule has 0 aliphatic carbocycles. The number of hydrogen-bond acceptors (Lipinski definition) is 3. The maximum absolute atomic E-state index is 11.1. The highest BCUT2D eigenvalue weighted by atomic mass is 16.5. The first-order chi connectivity index (χ1) is 15.1. The zero-order valence-corrected chi connectivity index (χ0v) is 18.0. The van der Waals surface area contributed by atoms with Crippen LogP contribution in [0.4, 0.5) is 0 Å². The first-order valence-electron chi connectivity index (χ1n) is 10.7. The molecule has 0 heterocycles. The predicted octanol–water partition coefficient (Wildman–Crippen LogP) is 5.32. The summed E-state index contributed by atoms with van der Waals surface area (Å²) in [6.45, 7) is 0.699. The lowest BCUT2D eigenvalue weighted by Crippen LogP contribution is -2.24. The van der Waals surface area contributed by atoms with Gasteiger partial charge in [-0.25, -0.2) is 4.79 Å². The van der Waals surface area contributed by atoms with Crippen molar-refractivity contribution in [3.05, 3.63) is 101 Å². The van der Waals surface area contributed by atoms with Crippen molar-refractivity contribution in [2.75, 3.05) is 13.7 Å². The molecule has 162 valence electrons. The monoisotopic (exact) mass is 418 g/mol. The molecule has 0 aliphatic heterocycles. The highest BCUT2D eigenvalue weighted by Crippen LogP contribution is 2.16. The number of unbranched alkanes of at least 4 members (excludes halogenated alkanes) is 1. The Morgan fingerprint density at radius 3 is 2.06 bits per heavy atom. The molecular formula is C27H30O4. The van der Waals surface area contributed by atoms with E-state index in [0.717, 1.165) is 37.0 Å². The Bertz CT molecular complexity index is 918. The van der Waals surface area contributed by atoms with E-state index >= 15 is 0 Å². The van der Waals surface area contributed by atoms with E-state index in [1.54, 1.807) is 0 Å². The van der Waals surface area contributed by atoms with E-state index in [1.807, 2.05) is 30.3 Å². The Balaban J connectivity index is 1.35. The predicted molar refractivity (Wildman–Crippen MR) is 123 cm³/mol. The largest absolute Gasteiger partial charge is 0.494 e. The molecule has 0 fully saturated rings. The minimum Gasteiger partial charge on any atom is -0.494 e. The number of ether oxygens (including phenoxy) is 2. The van der Waals surface area contributed by atoms with E-state index in [1.165, 1.54) is 23.8 Å². The SMILES string of the molecule is COC(Cc1ccc(CCCCOc2ccc(Cc3ccccc3)cc2)cc1)C(=O)O. The van der Waals surface area contributed by atoms with Gasteiger partial charge in [-0.05, 0) is 60.1 Å². The third-order valence-corrected chi connectivity index (χ3v) is 5.31. The van der Waals surface area contributed by atoms with E-state index in [9.17, 15) is 4.79 Å². The van der Waals surface area contributed by atoms with Crippen molar-refractivity contribution in [3.8, 4) is 5.75 Å². The molecular weight excluding hydrogens is 388 g/mol. The van der Waals surface area contributed by atoms with Crippen LogP contribution in [-0.4, -0.2) is 30.9 Å². The van der Waals surface area contributed by atoms with Gasteiger partial charge in [-0.15, -0.1) is 0 Å². The van der Waals surface area contributed by atoms with Crippen molar-refractivity contribution in [1.82, 2.24) is 0 Å². The van der Waals surface area contributed by atoms with E-state index < -0.39 is 12.1 Å². The molecule has 4 heteroatoms. The Hall–Kier alpha value is -3.11. The lowest BCUT2D eigenvalue weighted by Gasteiger charge is -2.11. The van der Waals surface area contributed by atoms with Gasteiger partial charge < -0.3 is 14.6 Å². The number of carbonyl (C=O) groups is 1. The van der Waals surface area contributed by atoms with Crippen LogP contribution in [0.5, 0.6) is 5.75 Å². The zero-order valence-electron chi connectivity index (χ0n) is 18.0. The smallest absolute Gasteiger partial charge is 0.333 e. The first-order valence-corrected chi connectivity index (χ1v) is 10.7. The number of benzene rings is 3. The Morgan fingerprint density at radius 2 is 1.42 bits per heavy atom. The van der Waals surface area contributed by atoms with Gasteiger partial charge >= 0.3 is 5.97 Å². The second kappa shape index (κ2) is 11.9. The first kappa shape index (κ1) is 22.6. The lowest BCUT2D eigenvalue weighted by molar-refractivity contribution is -0.148. The average molecular weight is 419 g/mol. The van der Waals surface area contributed by atoms with Crippen LogP contribution >= 0.6 is 0 Å². The Kier molecular flexibility index (Phi) is 8.68. The molecule has 31 heavy (non-hydrogen) atoms. The van der Waals surface area contributed by atoms with E-state index in [2.05, 4.69) is 48.5 Å². The van der Waals surface area contributed by atoms with Gasteiger partial charge in [0.2, 0.25) is 0 Å². The van der Waals surface area contributed by atoms with Gasteiger partial charge in [0, 0.05) is 13.5 Å². The molecule has 0 amide bonds. The summed E-state index contributed by atoms with van der Waals surface area (Å²) in [4.78, 5) is 11.1. The summed E-state index contributed by atoms with van der Waals surface area (Å²) in [5.74, 6) is -0.0234. The van der Waals surface area contributed by atoms with Gasteiger partial charge in [0.15, 0.2) is 6.10 Å². The molecule has 1 N–H and O–H groups in total. The number of aryl methyl sites for hydroxylation is 1. The van der Waals surface area contributed by atoms with Gasteiger partial charge in [0.25, 0.3) is 0 Å². The fourth-order valence-electron chi connectivity index (χ4n) is 3.48. The number of methoxy groups -OCH3 is 1. The maximum atomic E-state index is 11.1. The molecule has 3 aromatic carbocycles. The highest BCUT2D eigenvalue weighted by Gasteiger charge is 2.16. The minimum absolute atomic E-state index is 0.379. The number of hydrogen-bond donors (Lipinski definition) is 1. The van der Waals surface area contributed by atoms with Gasteiger partial charge in [-0.3, -0.25) is 0 Å². The van der Waals surface area contributed by atoms with E-state index in [-0.39, 0.29) is 0 Å². The molecule has 1 atom stereocenters. The molecule has 0 bridgehead atoms. The summed E-state index contributed by atoms with van der Waals surface area (Å²) in [7, 11) is 1.42. The maximum Gasteiger partial charge on any atom is 0.333 e. The van der Waals surface area contributed by atoms with Crippen molar-refractivity contribution in [2.24, 2.45) is 0 Å². The molecule has 0 saturated heterocycles. The van der Waals surface area contributed by atoms with Crippen LogP contribution in [0.1, 0.15) is 35.1 Å². The second-order valence-corrected chi connectivity index (χ2v) is 7.70. The zero-order chi connectivity index (χ0) is 21.9. The van der Waals surface area contributed by atoms with Crippen LogP contribution in [0.25, 0.3) is 0 Å². The summed E-state index contributed by atoms with van der Waals surface area (Å²) in [5, 5.41) is 9.07. The van der Waals surface area contributed by atoms with Crippen LogP contribution in [0.2, 0.25) is 0 Å².